The molecule has 0 spiro atoms. The summed E-state index contributed by atoms with van der Waals surface area (Å²) in [6.07, 6.45) is 0. The Morgan fingerprint density at radius 3 is 2.62 bits per heavy atom. The number of aromatic hydroxyl groups is 1. The fourth-order valence-electron chi connectivity index (χ4n) is 1.11. The minimum Gasteiger partial charge on any atom is -0.508 e. The van der Waals surface area contributed by atoms with Crippen LogP contribution in [0.4, 0.5) is 0 Å². The number of hydrogen-bond acceptors (Lipinski definition) is 3. The number of nitrogens with zero attached hydrogens (tertiary/aromatic N) is 1. The van der Waals surface area contributed by atoms with Crippen LogP contribution in [0.25, 0.3) is 0 Å². The largest absolute Gasteiger partial charge is 0.508 e. The van der Waals surface area contributed by atoms with E-state index in [1.807, 2.05) is 13.0 Å². The van der Waals surface area contributed by atoms with Crippen LogP contribution in [0.15, 0.2) is 16.6 Å². The van der Waals surface area contributed by atoms with Crippen molar-refractivity contribution < 1.29 is 10.3 Å². The Hall–Kier alpha value is -0.580. The molecule has 3 nitrogen and oxygen atoms in total. The summed E-state index contributed by atoms with van der Waals surface area (Å²) in [7, 11) is 1.54. The normalized spacial score (nSPS) is 10.8. The molecule has 0 atom stereocenters. The van der Waals surface area contributed by atoms with E-state index in [0.29, 0.717) is 12.1 Å². The van der Waals surface area contributed by atoms with Crippen LogP contribution in [0.1, 0.15) is 11.1 Å². The topological polar surface area (TPSA) is 43.7 Å². The molecule has 0 bridgehead atoms. The first kappa shape index (κ1) is 10.5. The van der Waals surface area contributed by atoms with E-state index in [0.717, 1.165) is 15.1 Å². The lowest BCUT2D eigenvalue weighted by molar-refractivity contribution is -0.0737. The molecular formula is C9H12BrNO2. The number of benzene rings is 1. The van der Waals surface area contributed by atoms with Gasteiger partial charge in [-0.05, 0) is 18.6 Å². The van der Waals surface area contributed by atoms with E-state index < -0.39 is 0 Å². The van der Waals surface area contributed by atoms with Gasteiger partial charge in [0.2, 0.25) is 0 Å². The predicted molar refractivity (Wildman–Crippen MR) is 53.8 cm³/mol. The van der Waals surface area contributed by atoms with E-state index in [1.54, 1.807) is 6.07 Å². The van der Waals surface area contributed by atoms with E-state index in [2.05, 4.69) is 15.9 Å². The summed E-state index contributed by atoms with van der Waals surface area (Å²) < 4.78 is 0.841. The molecule has 72 valence electrons. The molecule has 13 heavy (non-hydrogen) atoms. The second-order valence-corrected chi connectivity index (χ2v) is 3.80. The highest BCUT2D eigenvalue weighted by Gasteiger charge is 2.09. The highest BCUT2D eigenvalue weighted by molar-refractivity contribution is 9.10. The first-order chi connectivity index (χ1) is 6.02. The zero-order valence-corrected chi connectivity index (χ0v) is 9.17. The second-order valence-electron chi connectivity index (χ2n) is 3.01. The van der Waals surface area contributed by atoms with Crippen LogP contribution in [-0.2, 0) is 6.54 Å². The standard InChI is InChI=1S/C9H12BrNO2/c1-6-3-4-8(12)7(9(6)10)5-11(2)13/h3-4,12-13H,5H2,1-2H3. The Bertz CT molecular complexity index is 313. The number of hydroxylamine groups is 2. The number of aryl methyl sites for hydroxylation is 1. The van der Waals surface area contributed by atoms with Crippen LogP contribution in [0.3, 0.4) is 0 Å². The van der Waals surface area contributed by atoms with Gasteiger partial charge in [0.05, 0.1) is 6.54 Å². The zero-order valence-electron chi connectivity index (χ0n) is 7.58. The van der Waals surface area contributed by atoms with Crippen molar-refractivity contribution in [3.63, 3.8) is 0 Å². The van der Waals surface area contributed by atoms with Crippen LogP contribution in [0.5, 0.6) is 5.75 Å². The van der Waals surface area contributed by atoms with Crippen molar-refractivity contribution in [2.45, 2.75) is 13.5 Å². The predicted octanol–water partition coefficient (Wildman–Crippen LogP) is 2.28. The number of phenols is 1. The van der Waals surface area contributed by atoms with Crippen LogP contribution in [0, 0.1) is 6.92 Å². The maximum Gasteiger partial charge on any atom is 0.121 e. The first-order valence-corrected chi connectivity index (χ1v) is 4.68. The van der Waals surface area contributed by atoms with Crippen molar-refractivity contribution in [3.05, 3.63) is 27.7 Å². The molecule has 0 aromatic heterocycles. The fourth-order valence-corrected chi connectivity index (χ4v) is 1.57. The van der Waals surface area contributed by atoms with Gasteiger partial charge in [0.1, 0.15) is 5.75 Å². The quantitative estimate of drug-likeness (QED) is 0.787. The van der Waals surface area contributed by atoms with Crippen molar-refractivity contribution >= 4 is 15.9 Å². The third-order valence-corrected chi connectivity index (χ3v) is 2.90. The minimum atomic E-state index is 0.193. The van der Waals surface area contributed by atoms with Crippen molar-refractivity contribution in [2.24, 2.45) is 0 Å². The van der Waals surface area contributed by atoms with Gasteiger partial charge in [-0.3, -0.25) is 0 Å². The van der Waals surface area contributed by atoms with Gasteiger partial charge in [0.25, 0.3) is 0 Å². The van der Waals surface area contributed by atoms with Gasteiger partial charge < -0.3 is 10.3 Å². The minimum absolute atomic E-state index is 0.193. The van der Waals surface area contributed by atoms with E-state index >= 15 is 0 Å². The maximum atomic E-state index is 9.50. The molecule has 0 saturated heterocycles. The van der Waals surface area contributed by atoms with Crippen molar-refractivity contribution in [1.29, 1.82) is 0 Å². The molecule has 1 aromatic carbocycles. The molecule has 0 amide bonds. The zero-order chi connectivity index (χ0) is 10.0. The monoisotopic (exact) mass is 245 g/mol. The Balaban J connectivity index is 3.10. The Kier molecular flexibility index (Phi) is 3.30. The molecule has 0 unspecified atom stereocenters. The Morgan fingerprint density at radius 1 is 1.46 bits per heavy atom. The summed E-state index contributed by atoms with van der Waals surface area (Å²) in [6, 6.07) is 3.44. The maximum absolute atomic E-state index is 9.50. The molecule has 0 aliphatic heterocycles. The molecule has 0 heterocycles. The molecule has 4 heteroatoms. The lowest BCUT2D eigenvalue weighted by Crippen LogP contribution is -2.12. The molecule has 0 fully saturated rings. The summed E-state index contributed by atoms with van der Waals surface area (Å²) in [5, 5.41) is 19.6. The molecule has 0 saturated carbocycles. The van der Waals surface area contributed by atoms with Gasteiger partial charge >= 0.3 is 0 Å². The fraction of sp³-hybridized carbons (Fsp3) is 0.333. The summed E-state index contributed by atoms with van der Waals surface area (Å²) >= 11 is 3.36. The Morgan fingerprint density at radius 2 is 2.08 bits per heavy atom. The van der Waals surface area contributed by atoms with Crippen molar-refractivity contribution in [1.82, 2.24) is 5.06 Å². The molecule has 2 N–H and O–H groups in total. The van der Waals surface area contributed by atoms with Gasteiger partial charge in [-0.1, -0.05) is 22.0 Å². The van der Waals surface area contributed by atoms with Crippen LogP contribution in [0.2, 0.25) is 0 Å². The van der Waals surface area contributed by atoms with Gasteiger partial charge in [-0.25, -0.2) is 0 Å². The van der Waals surface area contributed by atoms with Crippen LogP contribution < -0.4 is 0 Å². The number of hydrogen-bond donors (Lipinski definition) is 2. The molecular weight excluding hydrogens is 234 g/mol. The smallest absolute Gasteiger partial charge is 0.121 e. The highest BCUT2D eigenvalue weighted by Crippen LogP contribution is 2.29. The van der Waals surface area contributed by atoms with E-state index in [4.69, 9.17) is 5.21 Å². The number of phenolic OH excluding ortho intramolecular Hbond substituents is 1. The van der Waals surface area contributed by atoms with Gasteiger partial charge in [-0.2, -0.15) is 5.06 Å². The second kappa shape index (κ2) is 4.09. The van der Waals surface area contributed by atoms with Gasteiger partial charge in [0, 0.05) is 17.1 Å². The van der Waals surface area contributed by atoms with Gasteiger partial charge in [-0.15, -0.1) is 0 Å². The SMILES string of the molecule is Cc1ccc(O)c(CN(C)O)c1Br. The number of halogens is 1. The summed E-state index contributed by atoms with van der Waals surface area (Å²) in [5.74, 6) is 0.193. The average molecular weight is 246 g/mol. The highest BCUT2D eigenvalue weighted by atomic mass is 79.9. The van der Waals surface area contributed by atoms with Crippen LogP contribution >= 0.6 is 15.9 Å². The van der Waals surface area contributed by atoms with Crippen molar-refractivity contribution in [3.8, 4) is 5.75 Å². The first-order valence-electron chi connectivity index (χ1n) is 3.89. The summed E-state index contributed by atoms with van der Waals surface area (Å²) in [4.78, 5) is 0. The van der Waals surface area contributed by atoms with E-state index in [1.165, 1.54) is 7.05 Å². The molecule has 1 rings (SSSR count). The summed E-state index contributed by atoms with van der Waals surface area (Å²) in [5.41, 5.74) is 1.74. The molecule has 0 aliphatic carbocycles. The van der Waals surface area contributed by atoms with Crippen molar-refractivity contribution in [2.75, 3.05) is 7.05 Å². The van der Waals surface area contributed by atoms with Gasteiger partial charge in [0.15, 0.2) is 0 Å². The van der Waals surface area contributed by atoms with E-state index in [9.17, 15) is 5.11 Å². The molecule has 0 aliphatic rings. The molecule has 0 radical (unpaired) electrons. The average Bonchev–Trinajstić information content (AvgIpc) is 2.05. The van der Waals surface area contributed by atoms with E-state index in [-0.39, 0.29) is 5.75 Å². The molecule has 1 aromatic rings. The third kappa shape index (κ3) is 2.43. The van der Waals surface area contributed by atoms with Crippen LogP contribution in [-0.4, -0.2) is 22.4 Å². The lowest BCUT2D eigenvalue weighted by Gasteiger charge is -2.12. The summed E-state index contributed by atoms with van der Waals surface area (Å²) in [6.45, 7) is 2.23. The third-order valence-electron chi connectivity index (χ3n) is 1.80. The Labute approximate surface area is 85.7 Å². The number of rotatable bonds is 2. The lowest BCUT2D eigenvalue weighted by atomic mass is 10.1.